The maximum absolute atomic E-state index is 13.7. The van der Waals surface area contributed by atoms with E-state index in [1.54, 1.807) is 22.9 Å². The Morgan fingerprint density at radius 2 is 2.10 bits per heavy atom. The molecule has 4 rings (SSSR count). The first-order valence-corrected chi connectivity index (χ1v) is 10.7. The van der Waals surface area contributed by atoms with Crippen molar-refractivity contribution in [3.8, 4) is 0 Å². The maximum atomic E-state index is 13.7. The fraction of sp³-hybridized carbons (Fsp3) is 0.750. The molecular formula is C20H28F3N5O2. The molecule has 0 spiro atoms. The van der Waals surface area contributed by atoms with Gasteiger partial charge in [-0.25, -0.2) is 4.68 Å². The summed E-state index contributed by atoms with van der Waals surface area (Å²) in [5.74, 6) is -0.192. The summed E-state index contributed by atoms with van der Waals surface area (Å²) in [5.41, 5.74) is 0.495. The Hall–Kier alpha value is -2.26. The summed E-state index contributed by atoms with van der Waals surface area (Å²) in [4.78, 5) is 28.3. The number of rotatable bonds is 3. The van der Waals surface area contributed by atoms with Crippen LogP contribution in [-0.4, -0.2) is 63.7 Å². The summed E-state index contributed by atoms with van der Waals surface area (Å²) in [5, 5.41) is 7.51. The molecule has 0 aromatic carbocycles. The Morgan fingerprint density at radius 1 is 1.33 bits per heavy atom. The summed E-state index contributed by atoms with van der Waals surface area (Å²) in [6, 6.07) is -0.622. The average Bonchev–Trinajstić information content (AvgIpc) is 3.28. The first-order chi connectivity index (χ1) is 14.2. The molecule has 0 unspecified atom stereocenters. The number of carbonyl (C=O) groups is 2. The van der Waals surface area contributed by atoms with Gasteiger partial charge in [0.05, 0.1) is 17.7 Å². The first-order valence-electron chi connectivity index (χ1n) is 10.7. The monoisotopic (exact) mass is 427 g/mol. The molecule has 2 fully saturated rings. The van der Waals surface area contributed by atoms with Crippen molar-refractivity contribution in [3.63, 3.8) is 0 Å². The van der Waals surface area contributed by atoms with Gasteiger partial charge in [-0.15, -0.1) is 0 Å². The zero-order valence-corrected chi connectivity index (χ0v) is 17.3. The zero-order valence-electron chi connectivity index (χ0n) is 17.3. The topological polar surface area (TPSA) is 70.5 Å². The van der Waals surface area contributed by atoms with Gasteiger partial charge < -0.3 is 15.1 Å². The number of anilines is 1. The Balaban J connectivity index is 1.62. The molecule has 1 N–H and O–H groups in total. The van der Waals surface area contributed by atoms with E-state index in [1.165, 1.54) is 0 Å². The quantitative estimate of drug-likeness (QED) is 0.805. The van der Waals surface area contributed by atoms with Crippen LogP contribution in [-0.2, 0) is 9.59 Å². The molecule has 1 aromatic rings. The number of nitrogens with zero attached hydrogens (tertiary/aromatic N) is 4. The van der Waals surface area contributed by atoms with E-state index in [-0.39, 0.29) is 36.7 Å². The Morgan fingerprint density at radius 3 is 2.73 bits per heavy atom. The van der Waals surface area contributed by atoms with Crippen molar-refractivity contribution in [2.24, 2.45) is 5.92 Å². The number of piperidine rings is 1. The fourth-order valence-corrected chi connectivity index (χ4v) is 4.87. The van der Waals surface area contributed by atoms with Crippen LogP contribution >= 0.6 is 0 Å². The fourth-order valence-electron chi connectivity index (χ4n) is 4.87. The standard InChI is InChI=1S/C20H28F3N5O2/c1-3-13-9-16(20(21,22)23)28-17(24-13)10-14(25-28)15-6-4-5-7-27(15)19(30)12-8-18(29)26(2)11-12/h10,12-13,15-16,24H,3-9,11H2,1-2H3/t12-,13+,15+,16+/m0/s1. The van der Waals surface area contributed by atoms with Gasteiger partial charge >= 0.3 is 6.18 Å². The van der Waals surface area contributed by atoms with Crippen LogP contribution in [0.2, 0.25) is 0 Å². The molecule has 4 heterocycles. The van der Waals surface area contributed by atoms with E-state index >= 15 is 0 Å². The SMILES string of the molecule is CC[C@@H]1C[C@H](C(F)(F)F)n2nc([C@H]3CCCCN3C(=O)[C@H]3CC(=O)N(C)C3)cc2N1. The lowest BCUT2D eigenvalue weighted by Gasteiger charge is -2.36. The molecule has 10 heteroatoms. The number of carbonyl (C=O) groups excluding carboxylic acids is 2. The molecule has 3 aliphatic heterocycles. The van der Waals surface area contributed by atoms with Crippen LogP contribution in [0.1, 0.15) is 63.2 Å². The Labute approximate surface area is 173 Å². The first kappa shape index (κ1) is 21.0. The number of amides is 2. The highest BCUT2D eigenvalue weighted by molar-refractivity contribution is 5.89. The average molecular weight is 427 g/mol. The van der Waals surface area contributed by atoms with Crippen molar-refractivity contribution in [3.05, 3.63) is 11.8 Å². The van der Waals surface area contributed by atoms with Crippen LogP contribution in [0.3, 0.4) is 0 Å². The minimum Gasteiger partial charge on any atom is -0.367 e. The Kier molecular flexibility index (Phi) is 5.44. The second-order valence-corrected chi connectivity index (χ2v) is 8.66. The van der Waals surface area contributed by atoms with E-state index in [0.29, 0.717) is 37.4 Å². The normalized spacial score (nSPS) is 29.7. The molecule has 2 amide bonds. The molecule has 0 radical (unpaired) electrons. The molecule has 2 saturated heterocycles. The largest absolute Gasteiger partial charge is 0.410 e. The number of fused-ring (bicyclic) bond motifs is 1. The van der Waals surface area contributed by atoms with Gasteiger partial charge in [-0.2, -0.15) is 18.3 Å². The molecule has 30 heavy (non-hydrogen) atoms. The van der Waals surface area contributed by atoms with Crippen molar-refractivity contribution in [1.29, 1.82) is 0 Å². The van der Waals surface area contributed by atoms with E-state index in [4.69, 9.17) is 0 Å². The molecular weight excluding hydrogens is 399 g/mol. The summed E-state index contributed by atoms with van der Waals surface area (Å²) in [6.07, 6.45) is -1.28. The number of aromatic nitrogens is 2. The predicted molar refractivity (Wildman–Crippen MR) is 104 cm³/mol. The molecule has 0 bridgehead atoms. The Bertz CT molecular complexity index is 824. The second-order valence-electron chi connectivity index (χ2n) is 8.66. The summed E-state index contributed by atoms with van der Waals surface area (Å²) in [6.45, 7) is 2.78. The summed E-state index contributed by atoms with van der Waals surface area (Å²) < 4.78 is 42.1. The highest BCUT2D eigenvalue weighted by Gasteiger charge is 2.47. The zero-order chi connectivity index (χ0) is 21.6. The van der Waals surface area contributed by atoms with Crippen molar-refractivity contribution in [2.45, 2.75) is 69.8 Å². The van der Waals surface area contributed by atoms with Crippen LogP contribution in [0.15, 0.2) is 6.07 Å². The van der Waals surface area contributed by atoms with Crippen molar-refractivity contribution in [2.75, 3.05) is 25.5 Å². The van der Waals surface area contributed by atoms with Crippen molar-refractivity contribution >= 4 is 17.6 Å². The lowest BCUT2D eigenvalue weighted by atomic mass is 9.96. The van der Waals surface area contributed by atoms with Gasteiger partial charge in [-0.3, -0.25) is 9.59 Å². The van der Waals surface area contributed by atoms with Gasteiger partial charge in [0.15, 0.2) is 6.04 Å². The van der Waals surface area contributed by atoms with E-state index in [9.17, 15) is 22.8 Å². The van der Waals surface area contributed by atoms with Gasteiger partial charge in [0.1, 0.15) is 5.82 Å². The molecule has 0 saturated carbocycles. The lowest BCUT2D eigenvalue weighted by Crippen LogP contribution is -2.43. The van der Waals surface area contributed by atoms with Gasteiger partial charge in [0.25, 0.3) is 0 Å². The molecule has 4 atom stereocenters. The molecule has 7 nitrogen and oxygen atoms in total. The number of alkyl halides is 3. The number of hydrogen-bond donors (Lipinski definition) is 1. The molecule has 3 aliphatic rings. The summed E-state index contributed by atoms with van der Waals surface area (Å²) in [7, 11) is 1.68. The smallest absolute Gasteiger partial charge is 0.367 e. The third-order valence-electron chi connectivity index (χ3n) is 6.60. The molecule has 166 valence electrons. The van der Waals surface area contributed by atoms with E-state index in [2.05, 4.69) is 10.4 Å². The minimum absolute atomic E-state index is 0.0535. The molecule has 1 aromatic heterocycles. The predicted octanol–water partition coefficient (Wildman–Crippen LogP) is 3.11. The van der Waals surface area contributed by atoms with Crippen LogP contribution in [0.4, 0.5) is 19.0 Å². The van der Waals surface area contributed by atoms with Crippen LogP contribution in [0.5, 0.6) is 0 Å². The second kappa shape index (κ2) is 7.77. The number of likely N-dealkylation sites (tertiary alicyclic amines) is 2. The number of hydrogen-bond acceptors (Lipinski definition) is 4. The number of nitrogens with one attached hydrogen (secondary N) is 1. The van der Waals surface area contributed by atoms with Crippen molar-refractivity contribution < 1.29 is 22.8 Å². The van der Waals surface area contributed by atoms with Crippen LogP contribution in [0.25, 0.3) is 0 Å². The third-order valence-corrected chi connectivity index (χ3v) is 6.60. The van der Waals surface area contributed by atoms with Gasteiger partial charge in [-0.05, 0) is 32.1 Å². The van der Waals surface area contributed by atoms with E-state index in [0.717, 1.165) is 17.5 Å². The highest BCUT2D eigenvalue weighted by Crippen LogP contribution is 2.42. The maximum Gasteiger partial charge on any atom is 0.410 e. The van der Waals surface area contributed by atoms with Crippen LogP contribution in [0, 0.1) is 5.92 Å². The highest BCUT2D eigenvalue weighted by atomic mass is 19.4. The minimum atomic E-state index is -4.38. The van der Waals surface area contributed by atoms with Gasteiger partial charge in [-0.1, -0.05) is 6.92 Å². The van der Waals surface area contributed by atoms with E-state index < -0.39 is 18.1 Å². The summed E-state index contributed by atoms with van der Waals surface area (Å²) >= 11 is 0. The van der Waals surface area contributed by atoms with Crippen molar-refractivity contribution in [1.82, 2.24) is 19.6 Å². The third kappa shape index (κ3) is 3.76. The van der Waals surface area contributed by atoms with Gasteiger partial charge in [0.2, 0.25) is 11.8 Å². The number of halogens is 3. The van der Waals surface area contributed by atoms with Gasteiger partial charge in [0, 0.05) is 38.7 Å². The lowest BCUT2D eigenvalue weighted by molar-refractivity contribution is -0.173. The molecule has 0 aliphatic carbocycles. The van der Waals surface area contributed by atoms with Crippen LogP contribution < -0.4 is 5.32 Å². The van der Waals surface area contributed by atoms with E-state index in [1.807, 2.05) is 6.92 Å².